The highest BCUT2D eigenvalue weighted by atomic mass is 16.5. The molecule has 0 unspecified atom stereocenters. The number of nitrogens with zero attached hydrogens (tertiary/aromatic N) is 2. The van der Waals surface area contributed by atoms with Crippen LogP contribution in [0.2, 0.25) is 0 Å². The van der Waals surface area contributed by atoms with Crippen LogP contribution in [-0.2, 0) is 6.54 Å². The van der Waals surface area contributed by atoms with Gasteiger partial charge in [-0.25, -0.2) is 4.79 Å². The fourth-order valence-corrected chi connectivity index (χ4v) is 3.00. The predicted molar refractivity (Wildman–Crippen MR) is 99.8 cm³/mol. The van der Waals surface area contributed by atoms with E-state index in [0.717, 1.165) is 10.1 Å². The minimum atomic E-state index is -0.707. The lowest BCUT2D eigenvalue weighted by Crippen LogP contribution is -2.33. The normalized spacial score (nSPS) is 15.8. The molecule has 0 spiro atoms. The number of methoxy groups -OCH3 is 2. The molecule has 9 nitrogen and oxygen atoms in total. The molecule has 1 aliphatic heterocycles. The summed E-state index contributed by atoms with van der Waals surface area (Å²) in [6.45, 7) is 3.60. The average molecular weight is 372 g/mol. The number of hydrogen-bond donors (Lipinski definition) is 3. The third-order valence-corrected chi connectivity index (χ3v) is 4.34. The zero-order valence-electron chi connectivity index (χ0n) is 15.0. The van der Waals surface area contributed by atoms with Gasteiger partial charge in [-0.1, -0.05) is 6.08 Å². The molecule has 0 radical (unpaired) electrons. The molecule has 1 aromatic heterocycles. The molecule has 2 heterocycles. The number of allylic oxidation sites excluding steroid dienone is 1. The number of hydrogen-bond acceptors (Lipinski definition) is 7. The Kier molecular flexibility index (Phi) is 5.02. The molecule has 9 heteroatoms. The highest BCUT2D eigenvalue weighted by molar-refractivity contribution is 6.03. The second-order valence-corrected chi connectivity index (χ2v) is 5.91. The molecule has 0 bridgehead atoms. The number of hydrazone groups is 1. The first kappa shape index (κ1) is 18.3. The van der Waals surface area contributed by atoms with Gasteiger partial charge in [-0.15, -0.1) is 6.58 Å². The van der Waals surface area contributed by atoms with Crippen molar-refractivity contribution >= 4 is 5.71 Å². The van der Waals surface area contributed by atoms with E-state index in [1.165, 1.54) is 6.08 Å². The van der Waals surface area contributed by atoms with E-state index in [2.05, 4.69) is 22.1 Å². The summed E-state index contributed by atoms with van der Waals surface area (Å²) in [5.41, 5.74) is 2.67. The van der Waals surface area contributed by atoms with Crippen molar-refractivity contribution in [3.05, 3.63) is 62.8 Å². The Morgan fingerprint density at radius 3 is 2.81 bits per heavy atom. The van der Waals surface area contributed by atoms with E-state index in [1.807, 2.05) is 6.07 Å². The summed E-state index contributed by atoms with van der Waals surface area (Å²) in [4.78, 5) is 26.3. The van der Waals surface area contributed by atoms with E-state index in [4.69, 9.17) is 9.47 Å². The molecular formula is C18H20N4O5. The average Bonchev–Trinajstić information content (AvgIpc) is 3.13. The van der Waals surface area contributed by atoms with Crippen molar-refractivity contribution < 1.29 is 14.6 Å². The van der Waals surface area contributed by atoms with E-state index < -0.39 is 17.1 Å². The molecule has 0 aliphatic carbocycles. The maximum atomic E-state index is 12.2. The topological polar surface area (TPSA) is 118 Å². The van der Waals surface area contributed by atoms with Gasteiger partial charge in [0.15, 0.2) is 0 Å². The zero-order chi connectivity index (χ0) is 19.6. The summed E-state index contributed by atoms with van der Waals surface area (Å²) < 4.78 is 11.6. The lowest BCUT2D eigenvalue weighted by atomic mass is 9.99. The summed E-state index contributed by atoms with van der Waals surface area (Å²) in [5.74, 6) is 0.824. The van der Waals surface area contributed by atoms with Crippen molar-refractivity contribution in [1.29, 1.82) is 0 Å². The van der Waals surface area contributed by atoms with Crippen LogP contribution in [-0.4, -0.2) is 34.6 Å². The van der Waals surface area contributed by atoms with Gasteiger partial charge in [0.2, 0.25) is 5.88 Å². The van der Waals surface area contributed by atoms with E-state index in [1.54, 1.807) is 26.4 Å². The fraction of sp³-hybridized carbons (Fsp3) is 0.278. The molecule has 3 rings (SSSR count). The molecule has 2 aromatic rings. The van der Waals surface area contributed by atoms with Gasteiger partial charge in [0.25, 0.3) is 5.56 Å². The van der Waals surface area contributed by atoms with Crippen molar-refractivity contribution in [3.63, 3.8) is 0 Å². The number of aromatic amines is 1. The second-order valence-electron chi connectivity index (χ2n) is 5.91. The van der Waals surface area contributed by atoms with Crippen molar-refractivity contribution in [3.8, 4) is 17.4 Å². The van der Waals surface area contributed by atoms with Crippen LogP contribution < -0.4 is 26.1 Å². The number of nitrogens with one attached hydrogen (secondary N) is 2. The summed E-state index contributed by atoms with van der Waals surface area (Å²) in [6.07, 6.45) is 1.77. The second kappa shape index (κ2) is 7.40. The molecule has 1 aromatic carbocycles. The van der Waals surface area contributed by atoms with Crippen LogP contribution in [0.4, 0.5) is 0 Å². The van der Waals surface area contributed by atoms with Crippen LogP contribution in [0.15, 0.2) is 45.5 Å². The van der Waals surface area contributed by atoms with Gasteiger partial charge in [0, 0.05) is 24.6 Å². The third kappa shape index (κ3) is 3.31. The summed E-state index contributed by atoms with van der Waals surface area (Å²) >= 11 is 0. The summed E-state index contributed by atoms with van der Waals surface area (Å²) in [6, 6.07) is 5.13. The number of benzene rings is 1. The lowest BCUT2D eigenvalue weighted by molar-refractivity contribution is 0.386. The van der Waals surface area contributed by atoms with Crippen molar-refractivity contribution in [2.24, 2.45) is 5.10 Å². The molecule has 142 valence electrons. The van der Waals surface area contributed by atoms with Crippen LogP contribution in [0.5, 0.6) is 17.4 Å². The Morgan fingerprint density at radius 2 is 2.15 bits per heavy atom. The standard InChI is InChI=1S/C18H20N4O5/c1-4-7-22-17(24)15(16(23)19-18(22)25)13-9-12(20-21-13)11-6-5-10(26-2)8-14(11)27-3/h4-6,8,12,20,24H,1,7,9H2,2-3H3,(H,19,23,25)/t12-/m0/s1. The van der Waals surface area contributed by atoms with Gasteiger partial charge in [0.1, 0.15) is 17.1 Å². The van der Waals surface area contributed by atoms with Crippen LogP contribution in [0, 0.1) is 0 Å². The van der Waals surface area contributed by atoms with Gasteiger partial charge in [-0.3, -0.25) is 14.3 Å². The molecule has 1 aliphatic rings. The van der Waals surface area contributed by atoms with Gasteiger partial charge in [-0.2, -0.15) is 5.10 Å². The SMILES string of the molecule is C=CCn1c(O)c(C2=NN[C@H](c3ccc(OC)cc3OC)C2)c(=O)[nH]c1=O. The molecule has 3 N–H and O–H groups in total. The molecule has 0 fully saturated rings. The van der Waals surface area contributed by atoms with E-state index in [-0.39, 0.29) is 18.2 Å². The first-order valence-corrected chi connectivity index (χ1v) is 8.21. The highest BCUT2D eigenvalue weighted by Crippen LogP contribution is 2.34. The molecule has 1 atom stereocenters. The lowest BCUT2D eigenvalue weighted by Gasteiger charge is -2.15. The maximum absolute atomic E-state index is 12.2. The Morgan fingerprint density at radius 1 is 1.37 bits per heavy atom. The third-order valence-electron chi connectivity index (χ3n) is 4.34. The van der Waals surface area contributed by atoms with Crippen LogP contribution in [0.1, 0.15) is 23.6 Å². The summed E-state index contributed by atoms with van der Waals surface area (Å²) in [5, 5.41) is 14.6. The van der Waals surface area contributed by atoms with Crippen LogP contribution >= 0.6 is 0 Å². The Bertz CT molecular complexity index is 1020. The highest BCUT2D eigenvalue weighted by Gasteiger charge is 2.28. The fourth-order valence-electron chi connectivity index (χ4n) is 3.00. The largest absolute Gasteiger partial charge is 0.497 e. The molecule has 0 saturated carbocycles. The van der Waals surface area contributed by atoms with E-state index in [9.17, 15) is 14.7 Å². The van der Waals surface area contributed by atoms with Crippen molar-refractivity contribution in [2.75, 3.05) is 14.2 Å². The number of rotatable bonds is 6. The Hall–Kier alpha value is -3.49. The molecule has 0 amide bonds. The molecule has 27 heavy (non-hydrogen) atoms. The van der Waals surface area contributed by atoms with Gasteiger partial charge >= 0.3 is 5.69 Å². The first-order chi connectivity index (χ1) is 13.0. The monoisotopic (exact) mass is 372 g/mol. The maximum Gasteiger partial charge on any atom is 0.331 e. The number of aromatic hydroxyl groups is 1. The molecular weight excluding hydrogens is 352 g/mol. The van der Waals surface area contributed by atoms with Crippen LogP contribution in [0.3, 0.4) is 0 Å². The van der Waals surface area contributed by atoms with Crippen molar-refractivity contribution in [1.82, 2.24) is 15.0 Å². The summed E-state index contributed by atoms with van der Waals surface area (Å²) in [7, 11) is 3.12. The van der Waals surface area contributed by atoms with Gasteiger partial charge in [0.05, 0.1) is 26.0 Å². The number of aromatic nitrogens is 2. The van der Waals surface area contributed by atoms with E-state index in [0.29, 0.717) is 23.6 Å². The quantitative estimate of drug-likeness (QED) is 0.648. The van der Waals surface area contributed by atoms with E-state index >= 15 is 0 Å². The minimum absolute atomic E-state index is 0.0427. The van der Waals surface area contributed by atoms with Crippen molar-refractivity contribution in [2.45, 2.75) is 19.0 Å². The van der Waals surface area contributed by atoms with Crippen LogP contribution in [0.25, 0.3) is 0 Å². The molecule has 0 saturated heterocycles. The zero-order valence-corrected chi connectivity index (χ0v) is 15.0. The Labute approximate surface area is 154 Å². The Balaban J connectivity index is 1.95. The first-order valence-electron chi connectivity index (χ1n) is 8.21. The van der Waals surface area contributed by atoms with Gasteiger partial charge < -0.3 is 20.0 Å². The smallest absolute Gasteiger partial charge is 0.331 e. The number of H-pyrrole nitrogens is 1. The predicted octanol–water partition coefficient (Wildman–Crippen LogP) is 0.884. The van der Waals surface area contributed by atoms with Gasteiger partial charge in [-0.05, 0) is 12.1 Å². The minimum Gasteiger partial charge on any atom is -0.497 e. The number of ether oxygens (including phenoxy) is 2.